The van der Waals surface area contributed by atoms with E-state index < -0.39 is 11.9 Å². The zero-order chi connectivity index (χ0) is 38.4. The van der Waals surface area contributed by atoms with Crippen LogP contribution in [0.5, 0.6) is 0 Å². The maximum absolute atomic E-state index is 13.6. The van der Waals surface area contributed by atoms with Gasteiger partial charge in [-0.05, 0) is 110 Å². The Morgan fingerprint density at radius 1 is 1.11 bits per heavy atom. The molecular formula is C44H67N5O4. The van der Waals surface area contributed by atoms with E-state index in [0.717, 1.165) is 49.9 Å². The Hall–Kier alpha value is -2.62. The molecule has 292 valence electrons. The molecule has 2 N–H and O–H groups in total. The Morgan fingerprint density at radius 3 is 2.51 bits per heavy atom. The van der Waals surface area contributed by atoms with E-state index in [2.05, 4.69) is 96.4 Å². The number of rotatable bonds is 10. The zero-order valence-electron chi connectivity index (χ0n) is 34.4. The van der Waals surface area contributed by atoms with Crippen molar-refractivity contribution < 1.29 is 19.4 Å². The van der Waals surface area contributed by atoms with Crippen LogP contribution in [0, 0.1) is 62.6 Å². The fraction of sp³-hybridized carbons (Fsp3) is 0.773. The first-order valence-electron chi connectivity index (χ1n) is 20.5. The van der Waals surface area contributed by atoms with Crippen molar-refractivity contribution in [1.82, 2.24) is 25.1 Å². The van der Waals surface area contributed by atoms with Crippen molar-refractivity contribution in [2.75, 3.05) is 26.9 Å². The minimum absolute atomic E-state index is 0.0832. The van der Waals surface area contributed by atoms with Crippen molar-refractivity contribution in [3.8, 4) is 11.4 Å². The number of carbonyl (C=O) groups is 1. The molecule has 3 saturated carbocycles. The highest BCUT2D eigenvalue weighted by Crippen LogP contribution is 2.75. The first-order chi connectivity index (χ1) is 24.9. The van der Waals surface area contributed by atoms with Crippen LogP contribution in [0.3, 0.4) is 0 Å². The smallest absolute Gasteiger partial charge is 0.307 e. The highest BCUT2D eigenvalue weighted by atomic mass is 16.5. The number of nitrogens with one attached hydrogen (secondary N) is 1. The van der Waals surface area contributed by atoms with Gasteiger partial charge >= 0.3 is 5.97 Å². The molecule has 9 nitrogen and oxygen atoms in total. The average molecular weight is 730 g/mol. The first-order valence-corrected chi connectivity index (χ1v) is 20.5. The lowest BCUT2D eigenvalue weighted by Crippen LogP contribution is -2.69. The number of nitrogens with zero attached hydrogens (tertiary/aromatic N) is 4. The molecule has 0 radical (unpaired) electrons. The van der Waals surface area contributed by atoms with Crippen molar-refractivity contribution >= 4 is 5.97 Å². The quantitative estimate of drug-likeness (QED) is 0.234. The molecule has 1 aliphatic heterocycles. The van der Waals surface area contributed by atoms with Gasteiger partial charge in [0.1, 0.15) is 6.33 Å². The second-order valence-electron chi connectivity index (χ2n) is 19.9. The lowest BCUT2D eigenvalue weighted by atomic mass is 9.34. The maximum atomic E-state index is 13.6. The molecule has 4 fully saturated rings. The molecule has 3 heterocycles. The highest BCUT2D eigenvalue weighted by Gasteiger charge is 2.72. The molecule has 0 spiro atoms. The molecular weight excluding hydrogens is 663 g/mol. The molecule has 0 amide bonds. The summed E-state index contributed by atoms with van der Waals surface area (Å²) in [5.74, 6) is 1.55. The molecule has 2 aromatic rings. The lowest BCUT2D eigenvalue weighted by Gasteiger charge is -2.71. The standard InChI is InChI=1S/C44H67N5O4/c1-27(2)29(5)39(6)18-19-41(8)31-14-15-34-40(7)23-52-25-44(34,32(31)16-17-42(41,9)35(39)38(50)51)21-33(36(40)53-24-43(10,45-11)28(3)4)49-37(47-26-48-49)30-13-12-20-46-22-30/h12-13,16,20,22,26-29,31,33-36,45H,14-15,17-19,21,23-25H2,1-11H3,(H,50,51)/t29-,31+,33-,34+,35-,36+,39-,40-,41-,42+,43+,44+/m1/s1. The second kappa shape index (κ2) is 13.3. The largest absolute Gasteiger partial charge is 0.481 e. The molecule has 5 aliphatic rings. The van der Waals surface area contributed by atoms with Crippen LogP contribution in [0.25, 0.3) is 11.4 Å². The summed E-state index contributed by atoms with van der Waals surface area (Å²) >= 11 is 0. The number of hydrogen-bond donors (Lipinski definition) is 2. The SMILES string of the molecule is CN[C@@](C)(CO[C@H]1[C@H](n2ncnc2-c2cccnc2)C[C@@]23COC[C@]1(C)[C@@H]2CC[C@H]1C3=CC[C@@]2(C)[C@H](C(=O)O)[C@@](C)([C@H](C)C(C)C)CC[C@]12C)C(C)C. The Kier molecular flexibility index (Phi) is 9.67. The number of hydrogen-bond acceptors (Lipinski definition) is 7. The molecule has 7 rings (SSSR count). The van der Waals surface area contributed by atoms with Crippen molar-refractivity contribution in [1.29, 1.82) is 0 Å². The van der Waals surface area contributed by atoms with Gasteiger partial charge in [-0.2, -0.15) is 5.10 Å². The second-order valence-corrected chi connectivity index (χ2v) is 19.9. The third-order valence-electron chi connectivity index (χ3n) is 17.3. The molecule has 0 unspecified atom stereocenters. The van der Waals surface area contributed by atoms with Crippen LogP contribution in [-0.4, -0.2) is 69.3 Å². The molecule has 0 aromatic carbocycles. The number of fused-ring (bicyclic) bond motifs is 3. The number of aliphatic carboxylic acids is 1. The molecule has 4 aliphatic carbocycles. The first kappa shape index (κ1) is 38.6. The fourth-order valence-electron chi connectivity index (χ4n) is 13.1. The Bertz CT molecular complexity index is 1710. The van der Waals surface area contributed by atoms with E-state index in [0.29, 0.717) is 49.4 Å². The highest BCUT2D eigenvalue weighted by molar-refractivity contribution is 5.73. The van der Waals surface area contributed by atoms with Crippen LogP contribution >= 0.6 is 0 Å². The monoisotopic (exact) mass is 730 g/mol. The summed E-state index contributed by atoms with van der Waals surface area (Å²) in [5.41, 5.74) is 1.00. The van der Waals surface area contributed by atoms with Gasteiger partial charge in [-0.15, -0.1) is 0 Å². The van der Waals surface area contributed by atoms with Gasteiger partial charge in [0, 0.05) is 34.3 Å². The van der Waals surface area contributed by atoms with E-state index in [1.807, 2.05) is 19.3 Å². The fourth-order valence-corrected chi connectivity index (χ4v) is 13.1. The van der Waals surface area contributed by atoms with E-state index >= 15 is 0 Å². The van der Waals surface area contributed by atoms with Gasteiger partial charge in [-0.1, -0.05) is 74.0 Å². The molecule has 12 atom stereocenters. The van der Waals surface area contributed by atoms with Crippen LogP contribution in [0.1, 0.15) is 114 Å². The van der Waals surface area contributed by atoms with E-state index in [-0.39, 0.29) is 44.8 Å². The third kappa shape index (κ3) is 5.47. The summed E-state index contributed by atoms with van der Waals surface area (Å²) in [6.07, 6.45) is 13.5. The number of likely N-dealkylation sites (N-methyl/N-ethyl adjacent to an activating group) is 1. The van der Waals surface area contributed by atoms with Gasteiger partial charge in [0.05, 0.1) is 37.9 Å². The Labute approximate surface area is 318 Å². The van der Waals surface area contributed by atoms with Crippen molar-refractivity contribution in [3.63, 3.8) is 0 Å². The zero-order valence-corrected chi connectivity index (χ0v) is 34.4. The predicted molar refractivity (Wildman–Crippen MR) is 208 cm³/mol. The van der Waals surface area contributed by atoms with Crippen LogP contribution in [0.2, 0.25) is 0 Å². The number of pyridine rings is 1. The Morgan fingerprint density at radius 2 is 1.87 bits per heavy atom. The van der Waals surface area contributed by atoms with Gasteiger partial charge in [0.25, 0.3) is 0 Å². The predicted octanol–water partition coefficient (Wildman–Crippen LogP) is 8.49. The number of aromatic nitrogens is 4. The molecule has 9 heteroatoms. The molecule has 2 aromatic heterocycles. The molecule has 2 bridgehead atoms. The van der Waals surface area contributed by atoms with Gasteiger partial charge in [-0.25, -0.2) is 9.67 Å². The van der Waals surface area contributed by atoms with Crippen LogP contribution in [0.15, 0.2) is 42.5 Å². The van der Waals surface area contributed by atoms with Crippen molar-refractivity contribution in [2.24, 2.45) is 62.6 Å². The van der Waals surface area contributed by atoms with Crippen molar-refractivity contribution in [3.05, 3.63) is 42.5 Å². The average Bonchev–Trinajstić information content (AvgIpc) is 3.61. The van der Waals surface area contributed by atoms with Gasteiger partial charge in [0.15, 0.2) is 5.82 Å². The minimum atomic E-state index is -0.618. The van der Waals surface area contributed by atoms with E-state index in [9.17, 15) is 9.90 Å². The van der Waals surface area contributed by atoms with E-state index in [1.54, 1.807) is 12.5 Å². The number of ether oxygens (including phenoxy) is 2. The molecule has 1 saturated heterocycles. The lowest BCUT2D eigenvalue weighted by molar-refractivity contribution is -0.253. The summed E-state index contributed by atoms with van der Waals surface area (Å²) < 4.78 is 16.3. The van der Waals surface area contributed by atoms with E-state index in [4.69, 9.17) is 19.6 Å². The third-order valence-corrected chi connectivity index (χ3v) is 17.3. The van der Waals surface area contributed by atoms with Gasteiger partial charge in [0.2, 0.25) is 0 Å². The molecule has 53 heavy (non-hydrogen) atoms. The van der Waals surface area contributed by atoms with Crippen LogP contribution in [0.4, 0.5) is 0 Å². The van der Waals surface area contributed by atoms with Gasteiger partial charge < -0.3 is 19.9 Å². The summed E-state index contributed by atoms with van der Waals surface area (Å²) in [5, 5.41) is 19.7. The summed E-state index contributed by atoms with van der Waals surface area (Å²) in [6.45, 7) is 25.0. The van der Waals surface area contributed by atoms with E-state index in [1.165, 1.54) is 5.57 Å². The number of carboxylic acid groups (broad SMARTS) is 1. The minimum Gasteiger partial charge on any atom is -0.481 e. The van der Waals surface area contributed by atoms with Crippen LogP contribution in [-0.2, 0) is 14.3 Å². The summed E-state index contributed by atoms with van der Waals surface area (Å²) in [6, 6.07) is 3.94. The maximum Gasteiger partial charge on any atom is 0.307 e. The number of carboxylic acids is 1. The van der Waals surface area contributed by atoms with Crippen molar-refractivity contribution in [2.45, 2.75) is 125 Å². The summed E-state index contributed by atoms with van der Waals surface area (Å²) in [7, 11) is 2.04. The van der Waals surface area contributed by atoms with Crippen LogP contribution < -0.4 is 5.32 Å². The van der Waals surface area contributed by atoms with Gasteiger partial charge in [-0.3, -0.25) is 9.78 Å². The topological polar surface area (TPSA) is 111 Å². The Balaban J connectivity index is 1.35. The number of allylic oxidation sites excluding steroid dienone is 1. The summed E-state index contributed by atoms with van der Waals surface area (Å²) in [4.78, 5) is 22.9. The normalized spacial score (nSPS) is 41.2.